The van der Waals surface area contributed by atoms with E-state index < -0.39 is 8.07 Å². The Bertz CT molecular complexity index is 324. The van der Waals surface area contributed by atoms with Gasteiger partial charge in [0.25, 0.3) is 0 Å². The smallest absolute Gasteiger partial charge is 0.119 e. The third-order valence-corrected chi connectivity index (χ3v) is 3.54. The van der Waals surface area contributed by atoms with Crippen LogP contribution in [0.25, 0.3) is 0 Å². The largest absolute Gasteiger partial charge is 0.490 e. The highest BCUT2D eigenvalue weighted by Crippen LogP contribution is 2.16. The second kappa shape index (κ2) is 5.52. The average Bonchev–Trinajstić information content (AvgIpc) is 2.14. The van der Waals surface area contributed by atoms with Gasteiger partial charge in [-0.3, -0.25) is 0 Å². The molecule has 0 fully saturated rings. The first kappa shape index (κ1) is 12.5. The van der Waals surface area contributed by atoms with Crippen molar-refractivity contribution in [2.75, 3.05) is 6.61 Å². The number of rotatable bonds is 4. The number of hydrogen-bond acceptors (Lipinski definition) is 1. The predicted molar refractivity (Wildman–Crippen MR) is 72.1 cm³/mol. The molecule has 82 valence electrons. The molecule has 0 aromatic heterocycles. The van der Waals surface area contributed by atoms with Crippen LogP contribution in [0.1, 0.15) is 0 Å². The lowest BCUT2D eigenvalue weighted by atomic mass is 10.3. The Morgan fingerprint density at radius 2 is 1.80 bits per heavy atom. The minimum Gasteiger partial charge on any atom is -0.490 e. The minimum absolute atomic E-state index is 0.659. The molecule has 1 aromatic carbocycles. The molecule has 1 rings (SSSR count). The van der Waals surface area contributed by atoms with Crippen LogP contribution in [0.4, 0.5) is 0 Å². The summed E-state index contributed by atoms with van der Waals surface area (Å²) < 4.78 is 6.65. The van der Waals surface area contributed by atoms with Crippen molar-refractivity contribution in [3.8, 4) is 5.75 Å². The average molecular weight is 285 g/mol. The molecule has 0 radical (unpaired) electrons. The van der Waals surface area contributed by atoms with E-state index in [1.54, 1.807) is 0 Å². The van der Waals surface area contributed by atoms with Crippen molar-refractivity contribution in [1.82, 2.24) is 0 Å². The van der Waals surface area contributed by atoms with Crippen LogP contribution in [-0.2, 0) is 0 Å². The van der Waals surface area contributed by atoms with Gasteiger partial charge in [-0.2, -0.15) is 0 Å². The summed E-state index contributed by atoms with van der Waals surface area (Å²) in [6.07, 6.45) is 2.12. The molecule has 0 amide bonds. The maximum absolute atomic E-state index is 5.57. The van der Waals surface area contributed by atoms with E-state index in [-0.39, 0.29) is 0 Å². The molecule has 0 unspecified atom stereocenters. The molecule has 0 spiro atoms. The van der Waals surface area contributed by atoms with Crippen molar-refractivity contribution in [2.45, 2.75) is 19.6 Å². The molecule has 15 heavy (non-hydrogen) atoms. The van der Waals surface area contributed by atoms with Crippen LogP contribution in [0.5, 0.6) is 5.75 Å². The monoisotopic (exact) mass is 284 g/mol. The second-order valence-corrected chi connectivity index (χ2v) is 10.5. The van der Waals surface area contributed by atoms with E-state index in [4.69, 9.17) is 4.74 Å². The lowest BCUT2D eigenvalue weighted by molar-refractivity contribution is 0.363. The van der Waals surface area contributed by atoms with Gasteiger partial charge in [-0.05, 0) is 24.3 Å². The second-order valence-electron chi connectivity index (χ2n) is 4.53. The lowest BCUT2D eigenvalue weighted by Gasteiger charge is -2.08. The molecule has 1 nitrogen and oxygen atoms in total. The fraction of sp³-hybridized carbons (Fsp3) is 0.333. The van der Waals surface area contributed by atoms with Gasteiger partial charge in [0.2, 0.25) is 0 Å². The Morgan fingerprint density at radius 3 is 2.33 bits per heavy atom. The Morgan fingerprint density at radius 1 is 1.20 bits per heavy atom. The summed E-state index contributed by atoms with van der Waals surface area (Å²) in [5.74, 6) is 0.915. The van der Waals surface area contributed by atoms with Crippen molar-refractivity contribution in [2.24, 2.45) is 0 Å². The Hall–Kier alpha value is -0.543. The Labute approximate surface area is 101 Å². The van der Waals surface area contributed by atoms with Crippen molar-refractivity contribution in [3.05, 3.63) is 40.5 Å². The third kappa shape index (κ3) is 5.80. The molecule has 0 aliphatic carbocycles. The summed E-state index contributed by atoms with van der Waals surface area (Å²) in [6.45, 7) is 7.58. The molecule has 0 aliphatic heterocycles. The van der Waals surface area contributed by atoms with Gasteiger partial charge in [0.1, 0.15) is 12.4 Å². The van der Waals surface area contributed by atoms with Crippen LogP contribution in [0.2, 0.25) is 19.6 Å². The van der Waals surface area contributed by atoms with Crippen LogP contribution in [0.15, 0.2) is 40.5 Å². The number of halogens is 1. The van der Waals surface area contributed by atoms with E-state index in [2.05, 4.69) is 47.3 Å². The van der Waals surface area contributed by atoms with E-state index >= 15 is 0 Å². The lowest BCUT2D eigenvalue weighted by Crippen LogP contribution is -2.15. The summed E-state index contributed by atoms with van der Waals surface area (Å²) >= 11 is 3.39. The number of ether oxygens (including phenoxy) is 1. The number of hydrogen-bond donors (Lipinski definition) is 0. The fourth-order valence-corrected chi connectivity index (χ4v) is 2.14. The van der Waals surface area contributed by atoms with Crippen LogP contribution in [0.3, 0.4) is 0 Å². The highest BCUT2D eigenvalue weighted by atomic mass is 79.9. The molecule has 0 heterocycles. The van der Waals surface area contributed by atoms with Gasteiger partial charge in [0.05, 0.1) is 8.07 Å². The zero-order valence-corrected chi connectivity index (χ0v) is 12.0. The molecule has 1 aromatic rings. The van der Waals surface area contributed by atoms with Crippen LogP contribution in [0, 0.1) is 0 Å². The van der Waals surface area contributed by atoms with E-state index in [1.807, 2.05) is 24.3 Å². The molecular formula is C12H17BrOSi. The maximum Gasteiger partial charge on any atom is 0.119 e. The highest BCUT2D eigenvalue weighted by molar-refractivity contribution is 9.10. The molecule has 0 bridgehead atoms. The quantitative estimate of drug-likeness (QED) is 0.751. The zero-order chi connectivity index (χ0) is 11.3. The third-order valence-electron chi connectivity index (χ3n) is 1.78. The first-order valence-electron chi connectivity index (χ1n) is 5.03. The molecule has 0 atom stereocenters. The highest BCUT2D eigenvalue weighted by Gasteiger charge is 2.05. The Kier molecular flexibility index (Phi) is 4.61. The van der Waals surface area contributed by atoms with Crippen LogP contribution in [-0.4, -0.2) is 14.7 Å². The van der Waals surface area contributed by atoms with E-state index in [9.17, 15) is 0 Å². The minimum atomic E-state index is -1.07. The van der Waals surface area contributed by atoms with Crippen LogP contribution >= 0.6 is 15.9 Å². The van der Waals surface area contributed by atoms with Crippen molar-refractivity contribution in [3.63, 3.8) is 0 Å². The van der Waals surface area contributed by atoms with Gasteiger partial charge in [0.15, 0.2) is 0 Å². The Balaban J connectivity index is 2.38. The standard InChI is InChI=1S/C12H17BrOSi/c1-15(2,3)10-4-9-14-12-7-5-11(13)6-8-12/h4-8,10H,9H2,1-3H3/b10-4+. The normalized spacial score (nSPS) is 12.0. The summed E-state index contributed by atoms with van der Waals surface area (Å²) in [4.78, 5) is 0. The van der Waals surface area contributed by atoms with E-state index in [0.717, 1.165) is 10.2 Å². The summed E-state index contributed by atoms with van der Waals surface area (Å²) in [7, 11) is -1.07. The van der Waals surface area contributed by atoms with Crippen molar-refractivity contribution < 1.29 is 4.74 Å². The van der Waals surface area contributed by atoms with Gasteiger partial charge < -0.3 is 4.74 Å². The topological polar surface area (TPSA) is 9.23 Å². The number of benzene rings is 1. The first-order valence-corrected chi connectivity index (χ1v) is 9.40. The maximum atomic E-state index is 5.57. The van der Waals surface area contributed by atoms with Gasteiger partial charge in [-0.15, -0.1) is 0 Å². The molecule has 0 saturated heterocycles. The fourth-order valence-electron chi connectivity index (χ4n) is 1.08. The van der Waals surface area contributed by atoms with Gasteiger partial charge in [-0.1, -0.05) is 47.3 Å². The van der Waals surface area contributed by atoms with E-state index in [0.29, 0.717) is 6.61 Å². The summed E-state index contributed by atoms with van der Waals surface area (Å²) in [5, 5.41) is 0. The molecule has 3 heteroatoms. The first-order chi connectivity index (χ1) is 6.97. The van der Waals surface area contributed by atoms with Gasteiger partial charge in [-0.25, -0.2) is 0 Å². The summed E-state index contributed by atoms with van der Waals surface area (Å²) in [5.41, 5.74) is 2.30. The van der Waals surface area contributed by atoms with Crippen LogP contribution < -0.4 is 4.74 Å². The van der Waals surface area contributed by atoms with E-state index in [1.165, 1.54) is 0 Å². The van der Waals surface area contributed by atoms with Crippen molar-refractivity contribution >= 4 is 24.0 Å². The molecular weight excluding hydrogens is 268 g/mol. The SMILES string of the molecule is C[Si](C)(C)/C=C/COc1ccc(Br)cc1. The molecule has 0 aliphatic rings. The zero-order valence-electron chi connectivity index (χ0n) is 9.46. The molecule has 0 N–H and O–H groups in total. The summed E-state index contributed by atoms with van der Waals surface area (Å²) in [6, 6.07) is 7.90. The molecule has 0 saturated carbocycles. The van der Waals surface area contributed by atoms with Crippen molar-refractivity contribution in [1.29, 1.82) is 0 Å². The predicted octanol–water partition coefficient (Wildman–Crippen LogP) is 4.26. The van der Waals surface area contributed by atoms with Gasteiger partial charge in [0, 0.05) is 4.47 Å². The van der Waals surface area contributed by atoms with Gasteiger partial charge >= 0.3 is 0 Å².